The average molecular weight is 364 g/mol. The van der Waals surface area contributed by atoms with Crippen LogP contribution in [0.1, 0.15) is 35.6 Å². The summed E-state index contributed by atoms with van der Waals surface area (Å²) in [6.45, 7) is 0. The Morgan fingerprint density at radius 1 is 1.29 bits per heavy atom. The molecule has 0 radical (unpaired) electrons. The molecule has 3 rings (SSSR count). The van der Waals surface area contributed by atoms with Gasteiger partial charge in [-0.05, 0) is 25.0 Å². The highest BCUT2D eigenvalue weighted by molar-refractivity contribution is 9.08. The zero-order chi connectivity index (χ0) is 15.2. The second kappa shape index (κ2) is 5.12. The maximum Gasteiger partial charge on any atom is 0.417 e. The van der Waals surface area contributed by atoms with E-state index in [9.17, 15) is 17.6 Å². The molecule has 1 heterocycles. The van der Waals surface area contributed by atoms with Crippen LogP contribution in [0.5, 0.6) is 0 Å². The van der Waals surface area contributed by atoms with Crippen molar-refractivity contribution in [2.75, 3.05) is 0 Å². The smallest absolute Gasteiger partial charge is 0.360 e. The zero-order valence-electron chi connectivity index (χ0n) is 10.7. The summed E-state index contributed by atoms with van der Waals surface area (Å²) in [4.78, 5) is 0. The van der Waals surface area contributed by atoms with Gasteiger partial charge in [-0.2, -0.15) is 13.2 Å². The first-order valence-corrected chi connectivity index (χ1v) is 7.46. The van der Waals surface area contributed by atoms with Crippen molar-refractivity contribution in [3.63, 3.8) is 0 Å². The van der Waals surface area contributed by atoms with Gasteiger partial charge < -0.3 is 4.52 Å². The normalized spacial score (nSPS) is 15.5. The first-order chi connectivity index (χ1) is 9.93. The third-order valence-corrected chi connectivity index (χ3v) is 4.02. The van der Waals surface area contributed by atoms with Gasteiger partial charge in [0.05, 0.1) is 11.1 Å². The predicted molar refractivity (Wildman–Crippen MR) is 71.5 cm³/mol. The van der Waals surface area contributed by atoms with Crippen molar-refractivity contribution >= 4 is 15.9 Å². The first-order valence-electron chi connectivity index (χ1n) is 6.34. The number of alkyl halides is 4. The fourth-order valence-electron chi connectivity index (χ4n) is 2.31. The molecule has 0 unspecified atom stereocenters. The third-order valence-electron chi connectivity index (χ3n) is 3.46. The molecule has 0 atom stereocenters. The van der Waals surface area contributed by atoms with E-state index in [1.807, 2.05) is 0 Å². The molecular weight excluding hydrogens is 354 g/mol. The van der Waals surface area contributed by atoms with Gasteiger partial charge in [-0.25, -0.2) is 4.39 Å². The molecule has 0 saturated heterocycles. The van der Waals surface area contributed by atoms with Gasteiger partial charge in [-0.1, -0.05) is 27.2 Å². The molecule has 7 heteroatoms. The fourth-order valence-corrected chi connectivity index (χ4v) is 2.86. The molecule has 0 aliphatic heterocycles. The predicted octanol–water partition coefficient (Wildman–Crippen LogP) is 5.27. The Hall–Kier alpha value is -1.37. The van der Waals surface area contributed by atoms with Crippen LogP contribution in [0.2, 0.25) is 0 Å². The van der Waals surface area contributed by atoms with Crippen LogP contribution >= 0.6 is 15.9 Å². The lowest BCUT2D eigenvalue weighted by molar-refractivity contribution is -0.137. The summed E-state index contributed by atoms with van der Waals surface area (Å²) in [6, 6.07) is 2.88. The van der Waals surface area contributed by atoms with E-state index in [1.54, 1.807) is 0 Å². The Bertz CT molecular complexity index is 676. The van der Waals surface area contributed by atoms with Gasteiger partial charge in [-0.3, -0.25) is 0 Å². The molecule has 2 nitrogen and oxygen atoms in total. The van der Waals surface area contributed by atoms with Gasteiger partial charge in [-0.15, -0.1) is 0 Å². The number of aromatic nitrogens is 1. The Kier molecular flexibility index (Phi) is 3.55. The minimum Gasteiger partial charge on any atom is -0.360 e. The highest BCUT2D eigenvalue weighted by Gasteiger charge is 2.38. The molecule has 1 saturated carbocycles. The molecule has 0 bridgehead atoms. The van der Waals surface area contributed by atoms with Crippen LogP contribution in [-0.2, 0) is 11.5 Å². The maximum absolute atomic E-state index is 14.0. The number of hydrogen-bond acceptors (Lipinski definition) is 2. The van der Waals surface area contributed by atoms with Crippen molar-refractivity contribution in [3.8, 4) is 11.3 Å². The molecule has 0 amide bonds. The highest BCUT2D eigenvalue weighted by Crippen LogP contribution is 2.46. The minimum absolute atomic E-state index is 0.0702. The van der Waals surface area contributed by atoms with Crippen molar-refractivity contribution in [1.29, 1.82) is 0 Å². The van der Waals surface area contributed by atoms with E-state index < -0.39 is 23.1 Å². The SMILES string of the molecule is Fc1cccc(C(F)(F)F)c1-c1noc(C2CC2)c1CBr. The summed E-state index contributed by atoms with van der Waals surface area (Å²) in [5.41, 5.74) is -1.16. The Balaban J connectivity index is 2.21. The number of rotatable bonds is 3. The molecular formula is C14H10BrF4NO. The molecule has 1 aliphatic carbocycles. The molecule has 1 aromatic carbocycles. The first kappa shape index (κ1) is 14.6. The van der Waals surface area contributed by atoms with Crippen LogP contribution in [-0.4, -0.2) is 5.16 Å². The molecule has 1 aromatic heterocycles. The van der Waals surface area contributed by atoms with E-state index in [2.05, 4.69) is 21.1 Å². The zero-order valence-corrected chi connectivity index (χ0v) is 12.3. The second-order valence-corrected chi connectivity index (χ2v) is 5.50. The summed E-state index contributed by atoms with van der Waals surface area (Å²) in [5, 5.41) is 3.98. The quantitative estimate of drug-likeness (QED) is 0.548. The topological polar surface area (TPSA) is 26.0 Å². The number of halogens is 5. The maximum atomic E-state index is 14.0. The molecule has 0 N–H and O–H groups in total. The van der Waals surface area contributed by atoms with E-state index >= 15 is 0 Å². The summed E-state index contributed by atoms with van der Waals surface area (Å²) in [6.07, 6.45) is -2.82. The lowest BCUT2D eigenvalue weighted by Gasteiger charge is -2.12. The molecule has 2 aromatic rings. The fraction of sp³-hybridized carbons (Fsp3) is 0.357. The van der Waals surface area contributed by atoms with Gasteiger partial charge in [0.1, 0.15) is 17.3 Å². The van der Waals surface area contributed by atoms with Crippen molar-refractivity contribution in [2.45, 2.75) is 30.3 Å². The third kappa shape index (κ3) is 2.59. The lowest BCUT2D eigenvalue weighted by atomic mass is 9.99. The van der Waals surface area contributed by atoms with Crippen LogP contribution in [0.4, 0.5) is 17.6 Å². The van der Waals surface area contributed by atoms with Crippen LogP contribution < -0.4 is 0 Å². The van der Waals surface area contributed by atoms with Crippen molar-refractivity contribution in [2.24, 2.45) is 0 Å². The average Bonchev–Trinajstić information content (AvgIpc) is 3.17. The van der Waals surface area contributed by atoms with E-state index in [1.165, 1.54) is 0 Å². The Morgan fingerprint density at radius 2 is 2.00 bits per heavy atom. The van der Waals surface area contributed by atoms with Crippen LogP contribution in [0.15, 0.2) is 22.7 Å². The summed E-state index contributed by atoms with van der Waals surface area (Å²) in [7, 11) is 0. The van der Waals surface area contributed by atoms with Gasteiger partial charge in [0.15, 0.2) is 0 Å². The van der Waals surface area contributed by atoms with Gasteiger partial charge in [0.2, 0.25) is 0 Å². The standard InChI is InChI=1S/C14H10BrF4NO/c15-6-8-12(20-21-13(8)7-4-5-7)11-9(14(17,18)19)2-1-3-10(11)16/h1-3,7H,4-6H2. The summed E-state index contributed by atoms with van der Waals surface area (Å²) in [5.74, 6) is -0.221. The lowest BCUT2D eigenvalue weighted by Crippen LogP contribution is -2.09. The van der Waals surface area contributed by atoms with Crippen molar-refractivity contribution in [1.82, 2.24) is 5.16 Å². The highest BCUT2D eigenvalue weighted by atomic mass is 79.9. The van der Waals surface area contributed by atoms with E-state index in [-0.39, 0.29) is 16.9 Å². The Morgan fingerprint density at radius 3 is 2.57 bits per heavy atom. The molecule has 112 valence electrons. The second-order valence-electron chi connectivity index (χ2n) is 4.94. The van der Waals surface area contributed by atoms with Crippen molar-refractivity contribution in [3.05, 3.63) is 40.9 Å². The molecule has 0 spiro atoms. The van der Waals surface area contributed by atoms with Crippen LogP contribution in [0.25, 0.3) is 11.3 Å². The summed E-state index contributed by atoms with van der Waals surface area (Å²) < 4.78 is 58.5. The van der Waals surface area contributed by atoms with E-state index in [4.69, 9.17) is 4.52 Å². The minimum atomic E-state index is -4.65. The van der Waals surface area contributed by atoms with Crippen LogP contribution in [0.3, 0.4) is 0 Å². The molecule has 1 fully saturated rings. The monoisotopic (exact) mass is 363 g/mol. The van der Waals surface area contributed by atoms with E-state index in [0.717, 1.165) is 31.0 Å². The van der Waals surface area contributed by atoms with Gasteiger partial charge in [0, 0.05) is 16.8 Å². The van der Waals surface area contributed by atoms with Gasteiger partial charge >= 0.3 is 6.18 Å². The number of nitrogens with zero attached hydrogens (tertiary/aromatic N) is 1. The van der Waals surface area contributed by atoms with Crippen molar-refractivity contribution < 1.29 is 22.1 Å². The summed E-state index contributed by atoms with van der Waals surface area (Å²) >= 11 is 3.23. The Labute approximate surface area is 126 Å². The number of benzene rings is 1. The van der Waals surface area contributed by atoms with Gasteiger partial charge in [0.25, 0.3) is 0 Å². The van der Waals surface area contributed by atoms with Crippen LogP contribution in [0, 0.1) is 5.82 Å². The largest absolute Gasteiger partial charge is 0.417 e. The molecule has 21 heavy (non-hydrogen) atoms. The number of hydrogen-bond donors (Lipinski definition) is 0. The van der Waals surface area contributed by atoms with E-state index in [0.29, 0.717) is 11.3 Å². The molecule has 1 aliphatic rings.